The maximum atomic E-state index is 15.1. The summed E-state index contributed by atoms with van der Waals surface area (Å²) in [5, 5.41) is 65.2. The van der Waals surface area contributed by atoms with Crippen molar-refractivity contribution in [3.63, 3.8) is 0 Å². The lowest BCUT2D eigenvalue weighted by Gasteiger charge is -2.29. The molecule has 1 aliphatic heterocycles. The van der Waals surface area contributed by atoms with Crippen molar-refractivity contribution in [1.29, 1.82) is 5.41 Å². The van der Waals surface area contributed by atoms with Gasteiger partial charge in [0.15, 0.2) is 5.96 Å². The van der Waals surface area contributed by atoms with E-state index in [1.165, 1.54) is 0 Å². The van der Waals surface area contributed by atoms with Crippen LogP contribution in [0.5, 0.6) is 0 Å². The van der Waals surface area contributed by atoms with E-state index in [1.807, 2.05) is 43.3 Å². The number of aliphatic hydroxyl groups is 1. The van der Waals surface area contributed by atoms with Crippen molar-refractivity contribution >= 4 is 133 Å². The second kappa shape index (κ2) is 44.5. The SMILES string of the molecule is CCCC[C@@H]1NC(=O)[C@H](Cc2c[nH]c3ccccc23)NC(=O)[C@H](CC(=O)O)NC(=O)[C@H](CCCNC(=N)N)NC(=O)CNC(=O)[C@H](CO)NC(=O)[C@H](CC(C)C)NC(=O)[C@@H](Cc2ccc3ccccc3c2)NC(=O)CSC[C@@H](C(N)=O)NC(=O)[C@H](C(C)C)NC(=O)[C@H](Cc2c[nH]c3ccccc23)NC(=O)[C@H](CCCCN)NC1=O. The van der Waals surface area contributed by atoms with Crippen molar-refractivity contribution in [3.05, 3.63) is 120 Å². The van der Waals surface area contributed by atoms with Crippen LogP contribution in [0.1, 0.15) is 116 Å². The second-order valence-electron chi connectivity index (χ2n) is 28.9. The lowest BCUT2D eigenvalue weighted by molar-refractivity contribution is -0.141. The Balaban J connectivity index is 1.27. The summed E-state index contributed by atoms with van der Waals surface area (Å²) in [5.74, 6) is -16.3. The molecular formula is C78H107N19O16S. The van der Waals surface area contributed by atoms with E-state index < -0.39 is 186 Å². The molecule has 0 saturated carbocycles. The molecule has 616 valence electrons. The molecule has 36 heteroatoms. The maximum absolute atomic E-state index is 15.1. The van der Waals surface area contributed by atoms with E-state index in [1.54, 1.807) is 94.7 Å². The van der Waals surface area contributed by atoms with Gasteiger partial charge in [0.25, 0.3) is 0 Å². The first-order chi connectivity index (χ1) is 54.4. The van der Waals surface area contributed by atoms with Crippen molar-refractivity contribution in [2.75, 3.05) is 37.7 Å². The number of fused-ring (bicyclic) bond motifs is 3. The van der Waals surface area contributed by atoms with Gasteiger partial charge in [0.05, 0.1) is 25.3 Å². The molecule has 0 bridgehead atoms. The Bertz CT molecular complexity index is 4400. The first-order valence-corrected chi connectivity index (χ1v) is 39.3. The number of hydrogen-bond acceptors (Lipinski definition) is 18. The number of aromatic nitrogens is 2. The third-order valence-electron chi connectivity index (χ3n) is 19.1. The van der Waals surface area contributed by atoms with Crippen molar-refractivity contribution in [2.24, 2.45) is 29.0 Å². The molecule has 0 aliphatic carbocycles. The van der Waals surface area contributed by atoms with Gasteiger partial charge in [0, 0.05) is 65.8 Å². The quantitative estimate of drug-likeness (QED) is 0.0202. The summed E-state index contributed by atoms with van der Waals surface area (Å²) in [6.45, 7) is 6.75. The van der Waals surface area contributed by atoms with Gasteiger partial charge in [0.2, 0.25) is 76.8 Å². The van der Waals surface area contributed by atoms with E-state index in [2.05, 4.69) is 79.1 Å². The number of carboxylic acids is 1. The van der Waals surface area contributed by atoms with Gasteiger partial charge in [0.1, 0.15) is 66.5 Å². The Morgan fingerprint density at radius 2 is 1.01 bits per heavy atom. The summed E-state index contributed by atoms with van der Waals surface area (Å²) in [6.07, 6.45) is 2.60. The minimum Gasteiger partial charge on any atom is -0.481 e. The molecule has 6 aromatic rings. The number of unbranched alkanes of at least 4 members (excludes halogenated alkanes) is 2. The predicted octanol–water partition coefficient (Wildman–Crippen LogP) is -0.737. The van der Waals surface area contributed by atoms with Crippen molar-refractivity contribution in [3.8, 4) is 0 Å². The fourth-order valence-corrected chi connectivity index (χ4v) is 13.9. The number of amides is 13. The van der Waals surface area contributed by atoms with E-state index in [-0.39, 0.29) is 82.5 Å². The van der Waals surface area contributed by atoms with Crippen molar-refractivity contribution < 1.29 is 77.3 Å². The topological polar surface area (TPSA) is 569 Å². The number of nitrogens with two attached hydrogens (primary N) is 3. The number of aromatic amines is 2. The average molecular weight is 1600 g/mol. The normalized spacial score (nSPS) is 22.7. The number of aliphatic hydroxyl groups excluding tert-OH is 1. The monoisotopic (exact) mass is 1600 g/mol. The molecule has 1 saturated heterocycles. The highest BCUT2D eigenvalue weighted by molar-refractivity contribution is 8.00. The molecule has 0 unspecified atom stereocenters. The molecule has 0 radical (unpaired) electrons. The Kier molecular flexibility index (Phi) is 35.0. The highest BCUT2D eigenvalue weighted by Crippen LogP contribution is 2.23. The first kappa shape index (κ1) is 89.5. The van der Waals surface area contributed by atoms with Crippen molar-refractivity contribution in [2.45, 2.75) is 185 Å². The van der Waals surface area contributed by atoms with E-state index in [0.717, 1.165) is 22.5 Å². The fraction of sp³-hybridized carbons (Fsp3) is 0.474. The molecule has 1 fully saturated rings. The number of para-hydroxylation sites is 2. The number of benzene rings is 4. The summed E-state index contributed by atoms with van der Waals surface area (Å²) >= 11 is 0.864. The van der Waals surface area contributed by atoms with E-state index in [4.69, 9.17) is 22.6 Å². The molecule has 11 atom stereocenters. The number of aliphatic carboxylic acids is 1. The van der Waals surface area contributed by atoms with Gasteiger partial charge in [-0.25, -0.2) is 0 Å². The molecule has 2 aromatic heterocycles. The zero-order chi connectivity index (χ0) is 83.1. The van der Waals surface area contributed by atoms with Gasteiger partial charge in [-0.2, -0.15) is 0 Å². The molecule has 24 N–H and O–H groups in total. The summed E-state index contributed by atoms with van der Waals surface area (Å²) < 4.78 is 0. The Morgan fingerprint density at radius 1 is 0.526 bits per heavy atom. The molecular weight excluding hydrogens is 1490 g/mol. The van der Waals surface area contributed by atoms with Gasteiger partial charge in [-0.3, -0.25) is 72.5 Å². The third kappa shape index (κ3) is 27.6. The van der Waals surface area contributed by atoms with Crippen LogP contribution in [0.15, 0.2) is 103 Å². The van der Waals surface area contributed by atoms with Crippen LogP contribution in [0.4, 0.5) is 0 Å². The average Bonchev–Trinajstić information content (AvgIpc) is 1.65. The van der Waals surface area contributed by atoms with Crippen LogP contribution in [0.2, 0.25) is 0 Å². The zero-order valence-corrected chi connectivity index (χ0v) is 65.3. The summed E-state index contributed by atoms with van der Waals surface area (Å²) in [4.78, 5) is 207. The standard InChI is InChI=1S/C78H107N19O16S/c1-6-7-21-54-70(106)89-55(24-14-15-28-79)71(107)92-59(34-48-37-85-52-23-13-11-20-50(48)52)76(112)97-66(43(4)5)77(113)96-62(67(80)103)40-114-41-64(100)88-57(32-44-26-27-45-17-8-9-18-46(45)31-44)73(109)91-56(30-42(2)3)72(108)95-61(39-98)68(104)86-38-63(99)87-53(25-16-29-83-78(81)82)69(105)94-60(35-65(101)102)75(111)93-58(74(110)90-54)33-47-36-84-51-22-12-10-19-49(47)51/h8-13,17-20,22-23,26-27,31,36-37,42-43,53-62,66,84-85,98H,6-7,14-16,21,24-25,28-30,32-35,38-41,79H2,1-5H3,(H2,80,103)(H,86,104)(H,87,99)(H,88,100)(H,89,106)(H,90,110)(H,91,109)(H,92,107)(H,93,111)(H,94,105)(H,95,108)(H,96,113)(H,97,112)(H,101,102)(H4,81,82,83)/t53-,54-,55-,56-,57+,58-,59-,60-,61-,62-,66-/m0/s1. The third-order valence-corrected chi connectivity index (χ3v) is 20.1. The number of guanidine groups is 1. The number of carbonyl (C=O) groups is 14. The van der Waals surface area contributed by atoms with E-state index in [0.29, 0.717) is 57.8 Å². The molecule has 35 nitrogen and oxygen atoms in total. The van der Waals surface area contributed by atoms with E-state index in [9.17, 15) is 63.0 Å². The highest BCUT2D eigenvalue weighted by Gasteiger charge is 2.38. The molecule has 3 heterocycles. The van der Waals surface area contributed by atoms with Gasteiger partial charge < -0.3 is 107 Å². The summed E-state index contributed by atoms with van der Waals surface area (Å²) in [7, 11) is 0. The number of hydrogen-bond donors (Lipinski definition) is 21. The maximum Gasteiger partial charge on any atom is 0.305 e. The number of rotatable bonds is 24. The molecule has 114 heavy (non-hydrogen) atoms. The lowest BCUT2D eigenvalue weighted by atomic mass is 9.99. The molecule has 7 rings (SSSR count). The van der Waals surface area contributed by atoms with Gasteiger partial charge >= 0.3 is 5.97 Å². The number of carboxylic acid groups (broad SMARTS) is 1. The molecule has 1 aliphatic rings. The first-order valence-electron chi connectivity index (χ1n) is 38.1. The molecule has 0 spiro atoms. The number of H-pyrrole nitrogens is 2. The van der Waals surface area contributed by atoms with Crippen LogP contribution in [0.3, 0.4) is 0 Å². The largest absolute Gasteiger partial charge is 0.481 e. The summed E-state index contributed by atoms with van der Waals surface area (Å²) in [5.41, 5.74) is 20.3. The van der Waals surface area contributed by atoms with Crippen LogP contribution >= 0.6 is 11.8 Å². The number of primary amides is 1. The van der Waals surface area contributed by atoms with E-state index >= 15 is 14.4 Å². The number of thioether (sulfide) groups is 1. The van der Waals surface area contributed by atoms with Crippen LogP contribution in [-0.2, 0) is 86.4 Å². The van der Waals surface area contributed by atoms with Crippen LogP contribution in [-0.4, -0.2) is 213 Å². The highest BCUT2D eigenvalue weighted by atomic mass is 32.2. The Hall–Kier alpha value is -11.7. The molecule has 4 aromatic carbocycles. The summed E-state index contributed by atoms with van der Waals surface area (Å²) in [6, 6.07) is 9.89. The van der Waals surface area contributed by atoms with Gasteiger partial charge in [-0.1, -0.05) is 126 Å². The van der Waals surface area contributed by atoms with Gasteiger partial charge in [-0.05, 0) is 103 Å². The van der Waals surface area contributed by atoms with Crippen LogP contribution in [0.25, 0.3) is 32.6 Å². The minimum absolute atomic E-state index is 0.00334. The lowest BCUT2D eigenvalue weighted by Crippen LogP contribution is -2.61. The van der Waals surface area contributed by atoms with Gasteiger partial charge in [-0.15, -0.1) is 11.8 Å². The minimum atomic E-state index is -1.99. The van der Waals surface area contributed by atoms with Crippen molar-refractivity contribution in [1.82, 2.24) is 79.1 Å². The number of nitrogens with one attached hydrogen (secondary N) is 16. The Labute approximate surface area is 663 Å². The fourth-order valence-electron chi connectivity index (χ4n) is 13.0. The number of carbonyl (C=O) groups excluding carboxylic acids is 13. The zero-order valence-electron chi connectivity index (χ0n) is 64.5. The van der Waals surface area contributed by atoms with Crippen LogP contribution in [0, 0.1) is 17.2 Å². The molecule has 13 amide bonds. The van der Waals surface area contributed by atoms with Crippen LogP contribution < -0.4 is 86.3 Å². The second-order valence-corrected chi connectivity index (χ2v) is 30.0. The predicted molar refractivity (Wildman–Crippen MR) is 428 cm³/mol. The Morgan fingerprint density at radius 3 is 1.56 bits per heavy atom. The smallest absolute Gasteiger partial charge is 0.305 e.